The third-order valence-electron chi connectivity index (χ3n) is 1.28. The van der Waals surface area contributed by atoms with Crippen LogP contribution in [0.5, 0.6) is 0 Å². The molecule has 0 unspecified atom stereocenters. The fraction of sp³-hybridized carbons (Fsp3) is 0.500. The first kappa shape index (κ1) is 9.19. The quantitative estimate of drug-likeness (QED) is 0.709. The Labute approximate surface area is 74.3 Å². The summed E-state index contributed by atoms with van der Waals surface area (Å²) in [6.45, 7) is 8.62. The SMILES string of the molecule is Cc1nccc(N[Si](C)(C)C)n1. The smallest absolute Gasteiger partial charge is 0.145 e. The number of aryl methyl sites for hydroxylation is 1. The molecule has 0 atom stereocenters. The molecule has 0 radical (unpaired) electrons. The van der Waals surface area contributed by atoms with Gasteiger partial charge in [0.1, 0.15) is 19.9 Å². The van der Waals surface area contributed by atoms with Crippen LogP contribution in [0, 0.1) is 6.92 Å². The van der Waals surface area contributed by atoms with E-state index >= 15 is 0 Å². The fourth-order valence-electron chi connectivity index (χ4n) is 0.910. The summed E-state index contributed by atoms with van der Waals surface area (Å²) in [6.07, 6.45) is 1.78. The zero-order valence-corrected chi connectivity index (χ0v) is 9.05. The molecule has 4 heteroatoms. The van der Waals surface area contributed by atoms with Crippen molar-refractivity contribution in [3.05, 3.63) is 18.1 Å². The Morgan fingerprint density at radius 2 is 2.00 bits per heavy atom. The largest absolute Gasteiger partial charge is 0.396 e. The monoisotopic (exact) mass is 181 g/mol. The van der Waals surface area contributed by atoms with Gasteiger partial charge in [0.05, 0.1) is 0 Å². The third kappa shape index (κ3) is 3.00. The maximum Gasteiger partial charge on any atom is 0.145 e. The average molecular weight is 181 g/mol. The van der Waals surface area contributed by atoms with Gasteiger partial charge >= 0.3 is 0 Å². The van der Waals surface area contributed by atoms with Crippen molar-refractivity contribution in [1.29, 1.82) is 0 Å². The van der Waals surface area contributed by atoms with Gasteiger partial charge in [-0.1, -0.05) is 19.6 Å². The molecule has 0 aliphatic heterocycles. The molecule has 12 heavy (non-hydrogen) atoms. The highest BCUT2D eigenvalue weighted by Crippen LogP contribution is 2.07. The van der Waals surface area contributed by atoms with E-state index in [0.29, 0.717) is 0 Å². The Morgan fingerprint density at radius 1 is 1.33 bits per heavy atom. The van der Waals surface area contributed by atoms with Crippen LogP contribution in [0.2, 0.25) is 19.6 Å². The highest BCUT2D eigenvalue weighted by atomic mass is 28.3. The lowest BCUT2D eigenvalue weighted by Crippen LogP contribution is -2.32. The van der Waals surface area contributed by atoms with Crippen molar-refractivity contribution >= 4 is 14.1 Å². The predicted molar refractivity (Wildman–Crippen MR) is 53.7 cm³/mol. The molecule has 3 nitrogen and oxygen atoms in total. The number of nitrogens with zero attached hydrogens (tertiary/aromatic N) is 2. The zero-order chi connectivity index (χ0) is 9.19. The van der Waals surface area contributed by atoms with Crippen molar-refractivity contribution in [3.8, 4) is 0 Å². The Morgan fingerprint density at radius 3 is 2.50 bits per heavy atom. The van der Waals surface area contributed by atoms with E-state index < -0.39 is 8.24 Å². The van der Waals surface area contributed by atoms with Crippen LogP contribution < -0.4 is 4.98 Å². The predicted octanol–water partition coefficient (Wildman–Crippen LogP) is 2.03. The Hall–Kier alpha value is -0.903. The van der Waals surface area contributed by atoms with Crippen molar-refractivity contribution in [2.75, 3.05) is 4.98 Å². The van der Waals surface area contributed by atoms with E-state index in [1.807, 2.05) is 13.0 Å². The number of anilines is 1. The first-order chi connectivity index (χ1) is 5.47. The molecule has 0 fully saturated rings. The molecule has 0 spiro atoms. The number of nitrogens with one attached hydrogen (secondary N) is 1. The van der Waals surface area contributed by atoms with Crippen LogP contribution in [0.25, 0.3) is 0 Å². The molecule has 0 aliphatic rings. The summed E-state index contributed by atoms with van der Waals surface area (Å²) in [4.78, 5) is 11.7. The molecule has 0 aliphatic carbocycles. The lowest BCUT2D eigenvalue weighted by Gasteiger charge is -2.18. The molecular weight excluding hydrogens is 166 g/mol. The topological polar surface area (TPSA) is 37.8 Å². The van der Waals surface area contributed by atoms with Gasteiger partial charge in [-0.25, -0.2) is 9.97 Å². The average Bonchev–Trinajstić information content (AvgIpc) is 1.82. The number of rotatable bonds is 2. The lowest BCUT2D eigenvalue weighted by atomic mass is 10.6. The fourth-order valence-corrected chi connectivity index (χ4v) is 1.82. The molecule has 66 valence electrons. The first-order valence-electron chi connectivity index (χ1n) is 4.05. The van der Waals surface area contributed by atoms with Crippen molar-refractivity contribution in [3.63, 3.8) is 0 Å². The normalized spacial score (nSPS) is 11.3. The number of hydrogen-bond acceptors (Lipinski definition) is 3. The van der Waals surface area contributed by atoms with E-state index in [2.05, 4.69) is 34.6 Å². The molecule has 0 bridgehead atoms. The Balaban J connectivity index is 2.77. The summed E-state index contributed by atoms with van der Waals surface area (Å²) in [5, 5.41) is 0. The minimum atomic E-state index is -1.26. The van der Waals surface area contributed by atoms with Gasteiger partial charge in [0.2, 0.25) is 0 Å². The van der Waals surface area contributed by atoms with Crippen molar-refractivity contribution in [2.24, 2.45) is 0 Å². The van der Waals surface area contributed by atoms with Gasteiger partial charge in [0, 0.05) is 6.20 Å². The van der Waals surface area contributed by atoms with Crippen LogP contribution in [0.4, 0.5) is 5.82 Å². The minimum Gasteiger partial charge on any atom is -0.396 e. The van der Waals surface area contributed by atoms with E-state index in [-0.39, 0.29) is 0 Å². The van der Waals surface area contributed by atoms with Gasteiger partial charge in [-0.15, -0.1) is 0 Å². The molecule has 0 saturated heterocycles. The molecule has 0 aromatic carbocycles. The summed E-state index contributed by atoms with van der Waals surface area (Å²) < 4.78 is 0. The van der Waals surface area contributed by atoms with Crippen LogP contribution in [0.1, 0.15) is 5.82 Å². The summed E-state index contributed by atoms with van der Waals surface area (Å²) >= 11 is 0. The summed E-state index contributed by atoms with van der Waals surface area (Å²) in [5.74, 6) is 1.76. The minimum absolute atomic E-state index is 0.818. The van der Waals surface area contributed by atoms with E-state index in [9.17, 15) is 0 Å². The third-order valence-corrected chi connectivity index (χ3v) is 2.29. The molecule has 1 aromatic rings. The number of aromatic nitrogens is 2. The highest BCUT2D eigenvalue weighted by Gasteiger charge is 2.13. The van der Waals surface area contributed by atoms with Crippen LogP contribution in [-0.2, 0) is 0 Å². The second kappa shape index (κ2) is 3.22. The zero-order valence-electron chi connectivity index (χ0n) is 8.05. The van der Waals surface area contributed by atoms with E-state index in [1.54, 1.807) is 6.20 Å². The van der Waals surface area contributed by atoms with Crippen LogP contribution in [0.15, 0.2) is 12.3 Å². The van der Waals surface area contributed by atoms with E-state index in [0.717, 1.165) is 11.6 Å². The van der Waals surface area contributed by atoms with Crippen molar-refractivity contribution in [1.82, 2.24) is 9.97 Å². The second-order valence-electron chi connectivity index (χ2n) is 3.86. The van der Waals surface area contributed by atoms with E-state index in [1.165, 1.54) is 0 Å². The molecule has 1 heterocycles. The second-order valence-corrected chi connectivity index (χ2v) is 8.61. The standard InChI is InChI=1S/C8H15N3Si/c1-7-9-6-5-8(10-7)11-12(2,3)4/h5-6H,1-4H3,(H,9,10,11). The molecule has 0 amide bonds. The Bertz CT molecular complexity index is 267. The molecule has 1 aromatic heterocycles. The highest BCUT2D eigenvalue weighted by molar-refractivity contribution is 6.79. The van der Waals surface area contributed by atoms with Gasteiger partial charge in [-0.05, 0) is 13.0 Å². The van der Waals surface area contributed by atoms with Crippen LogP contribution in [0.3, 0.4) is 0 Å². The molecule has 1 N–H and O–H groups in total. The maximum absolute atomic E-state index is 4.27. The summed E-state index contributed by atoms with van der Waals surface area (Å²) in [5.41, 5.74) is 0. The van der Waals surface area contributed by atoms with Crippen LogP contribution >= 0.6 is 0 Å². The van der Waals surface area contributed by atoms with Crippen LogP contribution in [-0.4, -0.2) is 18.2 Å². The van der Waals surface area contributed by atoms with E-state index in [4.69, 9.17) is 0 Å². The molecular formula is C8H15N3Si. The summed E-state index contributed by atoms with van der Waals surface area (Å²) in [6, 6.07) is 1.91. The number of hydrogen-bond donors (Lipinski definition) is 1. The van der Waals surface area contributed by atoms with Gasteiger partial charge in [0.25, 0.3) is 0 Å². The summed E-state index contributed by atoms with van der Waals surface area (Å²) in [7, 11) is -1.26. The Kier molecular flexibility index (Phi) is 2.47. The van der Waals surface area contributed by atoms with Gasteiger partial charge in [-0.3, -0.25) is 0 Å². The van der Waals surface area contributed by atoms with Gasteiger partial charge in [0.15, 0.2) is 0 Å². The molecule has 0 saturated carbocycles. The van der Waals surface area contributed by atoms with Crippen molar-refractivity contribution < 1.29 is 0 Å². The first-order valence-corrected chi connectivity index (χ1v) is 7.55. The van der Waals surface area contributed by atoms with Gasteiger partial charge < -0.3 is 4.98 Å². The lowest BCUT2D eigenvalue weighted by molar-refractivity contribution is 1.06. The molecule has 1 rings (SSSR count). The van der Waals surface area contributed by atoms with Gasteiger partial charge in [-0.2, -0.15) is 0 Å². The van der Waals surface area contributed by atoms with Crippen molar-refractivity contribution in [2.45, 2.75) is 26.6 Å². The maximum atomic E-state index is 4.27.